The standard InChI is InChI=1S/C21H20N2O3/c1-14(24)26-18-11-10-15-7-4-5-8-16(15)21(18)17-13-20(25)23-12-6-2-3-9-19(23)22-17/h4-5,7-8,10-11,13H,2-3,6,9,12H2,1H3. The van der Waals surface area contributed by atoms with Crippen LogP contribution in [0.3, 0.4) is 0 Å². The number of aryl methyl sites for hydroxylation is 1. The van der Waals surface area contributed by atoms with Crippen molar-refractivity contribution >= 4 is 16.7 Å². The Kier molecular flexibility index (Phi) is 4.29. The smallest absolute Gasteiger partial charge is 0.308 e. The van der Waals surface area contributed by atoms with E-state index in [1.54, 1.807) is 16.7 Å². The second kappa shape index (κ2) is 6.75. The Morgan fingerprint density at radius 3 is 2.81 bits per heavy atom. The average Bonchev–Trinajstić information content (AvgIpc) is 2.87. The van der Waals surface area contributed by atoms with Crippen molar-refractivity contribution < 1.29 is 9.53 Å². The molecular formula is C21H20N2O3. The number of aromatic nitrogens is 2. The van der Waals surface area contributed by atoms with Crippen LogP contribution in [0.15, 0.2) is 47.3 Å². The monoisotopic (exact) mass is 348 g/mol. The minimum absolute atomic E-state index is 0.0476. The molecule has 0 saturated carbocycles. The molecule has 1 aliphatic rings. The van der Waals surface area contributed by atoms with Crippen molar-refractivity contribution in [3.8, 4) is 17.0 Å². The quantitative estimate of drug-likeness (QED) is 0.523. The highest BCUT2D eigenvalue weighted by molar-refractivity contribution is 5.99. The lowest BCUT2D eigenvalue weighted by atomic mass is 10.0. The molecule has 0 radical (unpaired) electrons. The lowest BCUT2D eigenvalue weighted by Crippen LogP contribution is -2.24. The number of rotatable bonds is 2. The minimum atomic E-state index is -0.395. The van der Waals surface area contributed by atoms with Gasteiger partial charge in [-0.15, -0.1) is 0 Å². The third kappa shape index (κ3) is 3.01. The van der Waals surface area contributed by atoms with Crippen LogP contribution in [0.1, 0.15) is 32.0 Å². The summed E-state index contributed by atoms with van der Waals surface area (Å²) in [6, 6.07) is 13.1. The summed E-state index contributed by atoms with van der Waals surface area (Å²) < 4.78 is 7.20. The summed E-state index contributed by atoms with van der Waals surface area (Å²) in [5, 5.41) is 1.92. The van der Waals surface area contributed by atoms with E-state index < -0.39 is 5.97 Å². The van der Waals surface area contributed by atoms with Crippen molar-refractivity contribution in [1.29, 1.82) is 0 Å². The van der Waals surface area contributed by atoms with Gasteiger partial charge in [0.15, 0.2) is 0 Å². The molecular weight excluding hydrogens is 328 g/mol. The van der Waals surface area contributed by atoms with Crippen LogP contribution in [0.2, 0.25) is 0 Å². The zero-order valence-electron chi connectivity index (χ0n) is 14.7. The zero-order chi connectivity index (χ0) is 18.1. The number of nitrogens with zero attached hydrogens (tertiary/aromatic N) is 2. The van der Waals surface area contributed by atoms with Crippen molar-refractivity contribution in [2.24, 2.45) is 0 Å². The third-order valence-corrected chi connectivity index (χ3v) is 4.77. The Labute approximate surface area is 151 Å². The van der Waals surface area contributed by atoms with Crippen LogP contribution >= 0.6 is 0 Å². The van der Waals surface area contributed by atoms with Crippen LogP contribution in [-0.2, 0) is 17.8 Å². The largest absolute Gasteiger partial charge is 0.426 e. The van der Waals surface area contributed by atoms with E-state index in [4.69, 9.17) is 9.72 Å². The first kappa shape index (κ1) is 16.5. The normalized spacial score (nSPS) is 13.9. The number of ether oxygens (including phenoxy) is 1. The molecule has 132 valence electrons. The van der Waals surface area contributed by atoms with Crippen molar-refractivity contribution in [3.05, 3.63) is 58.6 Å². The first-order valence-electron chi connectivity index (χ1n) is 8.95. The summed E-state index contributed by atoms with van der Waals surface area (Å²) in [5.41, 5.74) is 1.22. The molecule has 2 aromatic carbocycles. The maximum Gasteiger partial charge on any atom is 0.308 e. The van der Waals surface area contributed by atoms with E-state index in [-0.39, 0.29) is 5.56 Å². The zero-order valence-corrected chi connectivity index (χ0v) is 14.7. The van der Waals surface area contributed by atoms with E-state index in [9.17, 15) is 9.59 Å². The molecule has 2 heterocycles. The molecule has 1 aliphatic heterocycles. The number of hydrogen-bond acceptors (Lipinski definition) is 4. The van der Waals surface area contributed by atoms with Gasteiger partial charge < -0.3 is 4.74 Å². The fourth-order valence-electron chi connectivity index (χ4n) is 3.60. The van der Waals surface area contributed by atoms with E-state index in [0.29, 0.717) is 23.6 Å². The predicted molar refractivity (Wildman–Crippen MR) is 100 cm³/mol. The summed E-state index contributed by atoms with van der Waals surface area (Å²) in [5.74, 6) is 0.849. The summed E-state index contributed by atoms with van der Waals surface area (Å²) >= 11 is 0. The lowest BCUT2D eigenvalue weighted by molar-refractivity contribution is -0.131. The molecule has 0 aliphatic carbocycles. The van der Waals surface area contributed by atoms with Crippen molar-refractivity contribution in [3.63, 3.8) is 0 Å². The minimum Gasteiger partial charge on any atom is -0.426 e. The molecule has 5 nitrogen and oxygen atoms in total. The van der Waals surface area contributed by atoms with Gasteiger partial charge >= 0.3 is 5.97 Å². The molecule has 0 saturated heterocycles. The third-order valence-electron chi connectivity index (χ3n) is 4.77. The molecule has 0 bridgehead atoms. The topological polar surface area (TPSA) is 61.2 Å². The second-order valence-corrected chi connectivity index (χ2v) is 6.61. The number of benzene rings is 2. The highest BCUT2D eigenvalue weighted by atomic mass is 16.5. The van der Waals surface area contributed by atoms with Gasteiger partial charge in [0.2, 0.25) is 0 Å². The van der Waals surface area contributed by atoms with Crippen molar-refractivity contribution in [2.45, 2.75) is 39.2 Å². The second-order valence-electron chi connectivity index (χ2n) is 6.61. The van der Waals surface area contributed by atoms with E-state index in [2.05, 4.69) is 0 Å². The summed E-state index contributed by atoms with van der Waals surface area (Å²) in [7, 11) is 0. The highest BCUT2D eigenvalue weighted by Crippen LogP contribution is 2.36. The van der Waals surface area contributed by atoms with Crippen LogP contribution < -0.4 is 10.3 Å². The molecule has 0 amide bonds. The Balaban J connectivity index is 1.98. The van der Waals surface area contributed by atoms with Gasteiger partial charge in [0.1, 0.15) is 11.6 Å². The van der Waals surface area contributed by atoms with Gasteiger partial charge in [0.25, 0.3) is 5.56 Å². The molecule has 4 rings (SSSR count). The number of esters is 1. The maximum absolute atomic E-state index is 12.7. The van der Waals surface area contributed by atoms with Crippen molar-refractivity contribution in [2.75, 3.05) is 0 Å². The fraction of sp³-hybridized carbons (Fsp3) is 0.286. The van der Waals surface area contributed by atoms with Gasteiger partial charge in [-0.25, -0.2) is 4.98 Å². The molecule has 0 spiro atoms. The molecule has 0 fully saturated rings. The summed E-state index contributed by atoms with van der Waals surface area (Å²) in [6.45, 7) is 2.09. The Bertz CT molecular complexity index is 1050. The SMILES string of the molecule is CC(=O)Oc1ccc2ccccc2c1-c1cc(=O)n2c(n1)CCCCC2. The number of carbonyl (C=O) groups is 1. The first-order chi connectivity index (χ1) is 12.6. The molecule has 0 N–H and O–H groups in total. The Morgan fingerprint density at radius 1 is 1.12 bits per heavy atom. The highest BCUT2D eigenvalue weighted by Gasteiger charge is 2.18. The van der Waals surface area contributed by atoms with E-state index in [1.807, 2.05) is 30.3 Å². The first-order valence-corrected chi connectivity index (χ1v) is 8.95. The van der Waals surface area contributed by atoms with Crippen LogP contribution in [0.25, 0.3) is 22.0 Å². The lowest BCUT2D eigenvalue weighted by Gasteiger charge is -2.15. The van der Waals surface area contributed by atoms with E-state index in [1.165, 1.54) is 6.92 Å². The van der Waals surface area contributed by atoms with Crippen LogP contribution in [-0.4, -0.2) is 15.5 Å². The molecule has 26 heavy (non-hydrogen) atoms. The molecule has 0 atom stereocenters. The average molecular weight is 348 g/mol. The van der Waals surface area contributed by atoms with E-state index >= 15 is 0 Å². The molecule has 1 aromatic heterocycles. The van der Waals surface area contributed by atoms with Gasteiger partial charge in [0.05, 0.1) is 11.3 Å². The number of hydrogen-bond donors (Lipinski definition) is 0. The molecule has 0 unspecified atom stereocenters. The van der Waals surface area contributed by atoms with Gasteiger partial charge in [-0.3, -0.25) is 14.2 Å². The van der Waals surface area contributed by atoms with Gasteiger partial charge in [-0.05, 0) is 29.7 Å². The van der Waals surface area contributed by atoms with Crippen LogP contribution in [0, 0.1) is 0 Å². The predicted octanol–water partition coefficient (Wildman–Crippen LogP) is 3.72. The van der Waals surface area contributed by atoms with Crippen LogP contribution in [0.4, 0.5) is 0 Å². The Morgan fingerprint density at radius 2 is 1.96 bits per heavy atom. The van der Waals surface area contributed by atoms with Crippen molar-refractivity contribution in [1.82, 2.24) is 9.55 Å². The summed E-state index contributed by atoms with van der Waals surface area (Å²) in [4.78, 5) is 29.1. The molecule has 5 heteroatoms. The van der Waals surface area contributed by atoms with E-state index in [0.717, 1.165) is 42.3 Å². The van der Waals surface area contributed by atoms with Gasteiger partial charge in [-0.1, -0.05) is 36.8 Å². The number of carbonyl (C=O) groups excluding carboxylic acids is 1. The maximum atomic E-state index is 12.7. The molecule has 3 aromatic rings. The van der Waals surface area contributed by atoms with Gasteiger partial charge in [0, 0.05) is 26.0 Å². The van der Waals surface area contributed by atoms with Gasteiger partial charge in [-0.2, -0.15) is 0 Å². The Hall–Kier alpha value is -2.95. The summed E-state index contributed by atoms with van der Waals surface area (Å²) in [6.07, 6.45) is 3.92. The fourth-order valence-corrected chi connectivity index (χ4v) is 3.60. The number of fused-ring (bicyclic) bond motifs is 2. The van der Waals surface area contributed by atoms with Crippen LogP contribution in [0.5, 0.6) is 5.75 Å².